The summed E-state index contributed by atoms with van der Waals surface area (Å²) in [7, 11) is 0. The van der Waals surface area contributed by atoms with E-state index in [9.17, 15) is 0 Å². The van der Waals surface area contributed by atoms with Crippen molar-refractivity contribution in [3.05, 3.63) is 22.7 Å². The summed E-state index contributed by atoms with van der Waals surface area (Å²) in [5.41, 5.74) is -0.158. The first kappa shape index (κ1) is 9.84. The minimum absolute atomic E-state index is 0.158. The summed E-state index contributed by atoms with van der Waals surface area (Å²) in [6.07, 6.45) is 0.897. The standard InChI is InChI=1S/C11H13BrO2/c1-11(2)6-7-13-9-5-3-4-8(12)10(9)14-11/h3-5H,6-7H2,1-2H3. The maximum Gasteiger partial charge on any atom is 0.176 e. The van der Waals surface area contributed by atoms with Gasteiger partial charge in [0.15, 0.2) is 11.5 Å². The van der Waals surface area contributed by atoms with E-state index in [2.05, 4.69) is 29.8 Å². The van der Waals surface area contributed by atoms with Crippen LogP contribution in [0.4, 0.5) is 0 Å². The predicted octanol–water partition coefficient (Wildman–Crippen LogP) is 3.39. The topological polar surface area (TPSA) is 18.5 Å². The van der Waals surface area contributed by atoms with Gasteiger partial charge in [-0.05, 0) is 41.9 Å². The normalized spacial score (nSPS) is 18.8. The lowest BCUT2D eigenvalue weighted by Gasteiger charge is -2.23. The molecule has 0 bridgehead atoms. The van der Waals surface area contributed by atoms with E-state index >= 15 is 0 Å². The molecule has 0 amide bonds. The van der Waals surface area contributed by atoms with Crippen molar-refractivity contribution in [1.82, 2.24) is 0 Å². The lowest BCUT2D eigenvalue weighted by atomic mass is 10.1. The minimum atomic E-state index is -0.158. The van der Waals surface area contributed by atoms with Gasteiger partial charge < -0.3 is 9.47 Å². The molecule has 2 rings (SSSR count). The fourth-order valence-corrected chi connectivity index (χ4v) is 1.86. The van der Waals surface area contributed by atoms with Gasteiger partial charge in [-0.25, -0.2) is 0 Å². The molecule has 14 heavy (non-hydrogen) atoms. The van der Waals surface area contributed by atoms with Gasteiger partial charge in [0.1, 0.15) is 5.60 Å². The van der Waals surface area contributed by atoms with Crippen LogP contribution in [0.1, 0.15) is 20.3 Å². The molecule has 1 aromatic carbocycles. The monoisotopic (exact) mass is 256 g/mol. The summed E-state index contributed by atoms with van der Waals surface area (Å²) in [6.45, 7) is 4.85. The van der Waals surface area contributed by atoms with E-state index in [1.165, 1.54) is 0 Å². The molecule has 0 aromatic heterocycles. The van der Waals surface area contributed by atoms with Crippen molar-refractivity contribution in [3.8, 4) is 11.5 Å². The van der Waals surface area contributed by atoms with Gasteiger partial charge in [0.05, 0.1) is 11.1 Å². The van der Waals surface area contributed by atoms with Crippen LogP contribution in [-0.2, 0) is 0 Å². The SMILES string of the molecule is CC1(C)CCOc2cccc(Br)c2O1. The van der Waals surface area contributed by atoms with Gasteiger partial charge in [-0.15, -0.1) is 0 Å². The van der Waals surface area contributed by atoms with Gasteiger partial charge >= 0.3 is 0 Å². The highest BCUT2D eigenvalue weighted by Crippen LogP contribution is 2.39. The molecule has 0 saturated heterocycles. The molecule has 76 valence electrons. The molecule has 0 atom stereocenters. The molecule has 0 unspecified atom stereocenters. The summed E-state index contributed by atoms with van der Waals surface area (Å²) in [5, 5.41) is 0. The van der Waals surface area contributed by atoms with E-state index in [1.807, 2.05) is 18.2 Å². The second-order valence-electron chi connectivity index (χ2n) is 4.03. The maximum absolute atomic E-state index is 5.90. The highest BCUT2D eigenvalue weighted by Gasteiger charge is 2.26. The zero-order valence-corrected chi connectivity index (χ0v) is 9.93. The molecule has 0 saturated carbocycles. The van der Waals surface area contributed by atoms with Crippen LogP contribution in [0.25, 0.3) is 0 Å². The van der Waals surface area contributed by atoms with Gasteiger partial charge in [-0.2, -0.15) is 0 Å². The smallest absolute Gasteiger partial charge is 0.176 e. The molecule has 0 aliphatic carbocycles. The summed E-state index contributed by atoms with van der Waals surface area (Å²) in [4.78, 5) is 0. The van der Waals surface area contributed by atoms with Gasteiger partial charge in [-0.3, -0.25) is 0 Å². The first-order valence-corrected chi connectivity index (χ1v) is 5.48. The Balaban J connectivity index is 2.43. The third-order valence-corrected chi connectivity index (χ3v) is 2.90. The minimum Gasteiger partial charge on any atom is -0.489 e. The molecule has 1 aliphatic rings. The molecule has 1 aromatic rings. The first-order chi connectivity index (χ1) is 6.58. The van der Waals surface area contributed by atoms with E-state index in [0.717, 1.165) is 22.4 Å². The second kappa shape index (κ2) is 3.46. The maximum atomic E-state index is 5.90. The number of ether oxygens (including phenoxy) is 2. The van der Waals surface area contributed by atoms with E-state index in [1.54, 1.807) is 0 Å². The molecule has 0 fully saturated rings. The van der Waals surface area contributed by atoms with Gasteiger partial charge in [0, 0.05) is 6.42 Å². The zero-order chi connectivity index (χ0) is 10.2. The quantitative estimate of drug-likeness (QED) is 0.709. The summed E-state index contributed by atoms with van der Waals surface area (Å²) in [5.74, 6) is 1.64. The highest BCUT2D eigenvalue weighted by atomic mass is 79.9. The van der Waals surface area contributed by atoms with Crippen molar-refractivity contribution in [3.63, 3.8) is 0 Å². The van der Waals surface area contributed by atoms with Crippen molar-refractivity contribution in [2.24, 2.45) is 0 Å². The largest absolute Gasteiger partial charge is 0.489 e. The van der Waals surface area contributed by atoms with Crippen molar-refractivity contribution in [2.75, 3.05) is 6.61 Å². The molecular formula is C11H13BrO2. The van der Waals surface area contributed by atoms with E-state index < -0.39 is 0 Å². The fraction of sp³-hybridized carbons (Fsp3) is 0.455. The van der Waals surface area contributed by atoms with Crippen LogP contribution in [0.15, 0.2) is 22.7 Å². The summed E-state index contributed by atoms with van der Waals surface area (Å²) in [6, 6.07) is 5.84. The van der Waals surface area contributed by atoms with Crippen LogP contribution in [0.5, 0.6) is 11.5 Å². The lowest BCUT2D eigenvalue weighted by molar-refractivity contribution is 0.100. The first-order valence-electron chi connectivity index (χ1n) is 4.69. The van der Waals surface area contributed by atoms with Crippen LogP contribution in [0.2, 0.25) is 0 Å². The Morgan fingerprint density at radius 1 is 1.36 bits per heavy atom. The number of hydrogen-bond donors (Lipinski definition) is 0. The van der Waals surface area contributed by atoms with E-state index in [4.69, 9.17) is 9.47 Å². The van der Waals surface area contributed by atoms with Crippen molar-refractivity contribution >= 4 is 15.9 Å². The Kier molecular flexibility index (Phi) is 2.43. The summed E-state index contributed by atoms with van der Waals surface area (Å²) < 4.78 is 12.5. The lowest BCUT2D eigenvalue weighted by Crippen LogP contribution is -2.28. The average molecular weight is 257 g/mol. The van der Waals surface area contributed by atoms with Crippen LogP contribution >= 0.6 is 15.9 Å². The molecular weight excluding hydrogens is 244 g/mol. The number of hydrogen-bond acceptors (Lipinski definition) is 2. The van der Waals surface area contributed by atoms with Crippen molar-refractivity contribution < 1.29 is 9.47 Å². The van der Waals surface area contributed by atoms with Crippen molar-refractivity contribution in [2.45, 2.75) is 25.9 Å². The Morgan fingerprint density at radius 2 is 2.14 bits per heavy atom. The van der Waals surface area contributed by atoms with Crippen LogP contribution < -0.4 is 9.47 Å². The Labute approximate surface area is 92.3 Å². The molecule has 0 N–H and O–H groups in total. The van der Waals surface area contributed by atoms with Crippen LogP contribution in [0, 0.1) is 0 Å². The number of benzene rings is 1. The van der Waals surface area contributed by atoms with E-state index in [0.29, 0.717) is 6.61 Å². The molecule has 0 spiro atoms. The predicted molar refractivity (Wildman–Crippen MR) is 59.0 cm³/mol. The molecule has 1 aliphatic heterocycles. The van der Waals surface area contributed by atoms with Crippen molar-refractivity contribution in [1.29, 1.82) is 0 Å². The fourth-order valence-electron chi connectivity index (χ4n) is 1.44. The highest BCUT2D eigenvalue weighted by molar-refractivity contribution is 9.10. The van der Waals surface area contributed by atoms with Gasteiger partial charge in [0.25, 0.3) is 0 Å². The number of para-hydroxylation sites is 1. The molecule has 3 heteroatoms. The van der Waals surface area contributed by atoms with E-state index in [-0.39, 0.29) is 5.60 Å². The summed E-state index contributed by atoms with van der Waals surface area (Å²) >= 11 is 3.46. The molecule has 1 heterocycles. The Hall–Kier alpha value is -0.700. The zero-order valence-electron chi connectivity index (χ0n) is 8.34. The number of halogens is 1. The Morgan fingerprint density at radius 3 is 2.93 bits per heavy atom. The third kappa shape index (κ3) is 1.87. The average Bonchev–Trinajstić information content (AvgIpc) is 2.24. The third-order valence-electron chi connectivity index (χ3n) is 2.27. The number of fused-ring (bicyclic) bond motifs is 1. The Bertz CT molecular complexity index is 347. The molecule has 0 radical (unpaired) electrons. The molecule has 2 nitrogen and oxygen atoms in total. The second-order valence-corrected chi connectivity index (χ2v) is 4.88. The number of rotatable bonds is 0. The van der Waals surface area contributed by atoms with Gasteiger partial charge in [0.2, 0.25) is 0 Å². The van der Waals surface area contributed by atoms with Crippen LogP contribution in [0.3, 0.4) is 0 Å². The van der Waals surface area contributed by atoms with Crippen LogP contribution in [-0.4, -0.2) is 12.2 Å². The van der Waals surface area contributed by atoms with Gasteiger partial charge in [-0.1, -0.05) is 6.07 Å².